The number of hydrogen-bond acceptors (Lipinski definition) is 2. The maximum atomic E-state index is 9.23. The molecule has 0 aromatic heterocycles. The number of aliphatic hydroxyl groups excluding tert-OH is 1. The third-order valence-electron chi connectivity index (χ3n) is 2.10. The van der Waals surface area contributed by atoms with E-state index in [1.165, 1.54) is 0 Å². The van der Waals surface area contributed by atoms with Crippen LogP contribution in [0, 0.1) is 5.92 Å². The summed E-state index contributed by atoms with van der Waals surface area (Å²) in [6, 6.07) is 0. The molecular weight excluding hydrogens is 116 g/mol. The largest absolute Gasteiger partial charge is 0.390 e. The third kappa shape index (κ3) is 1.25. The van der Waals surface area contributed by atoms with Crippen molar-refractivity contribution in [2.75, 3.05) is 6.61 Å². The van der Waals surface area contributed by atoms with Gasteiger partial charge in [0, 0.05) is 5.92 Å². The van der Waals surface area contributed by atoms with Gasteiger partial charge in [0.15, 0.2) is 0 Å². The molecule has 3 atom stereocenters. The van der Waals surface area contributed by atoms with Crippen molar-refractivity contribution >= 4 is 0 Å². The van der Waals surface area contributed by atoms with E-state index < -0.39 is 0 Å². The van der Waals surface area contributed by atoms with Gasteiger partial charge >= 0.3 is 0 Å². The van der Waals surface area contributed by atoms with Crippen molar-refractivity contribution < 1.29 is 9.84 Å². The molecule has 2 nitrogen and oxygen atoms in total. The Labute approximate surface area is 55.8 Å². The highest BCUT2D eigenvalue weighted by molar-refractivity contribution is 4.79. The van der Waals surface area contributed by atoms with E-state index >= 15 is 0 Å². The quantitative estimate of drug-likeness (QED) is 0.568. The lowest BCUT2D eigenvalue weighted by Gasteiger charge is -2.12. The maximum Gasteiger partial charge on any atom is 0.0826 e. The normalized spacial score (nSPS) is 43.7. The Bertz CT molecular complexity index is 82.9. The van der Waals surface area contributed by atoms with Gasteiger partial charge in [-0.3, -0.25) is 0 Å². The molecule has 0 aromatic carbocycles. The molecule has 1 heterocycles. The Morgan fingerprint density at radius 1 is 1.67 bits per heavy atom. The lowest BCUT2D eigenvalue weighted by atomic mass is 9.98. The van der Waals surface area contributed by atoms with Crippen LogP contribution in [0.15, 0.2) is 0 Å². The summed E-state index contributed by atoms with van der Waals surface area (Å²) in [5.41, 5.74) is 0. The minimum absolute atomic E-state index is 0.218. The highest BCUT2D eigenvalue weighted by atomic mass is 16.5. The summed E-state index contributed by atoms with van der Waals surface area (Å²) in [6.07, 6.45) is 1.05. The van der Waals surface area contributed by atoms with E-state index in [1.807, 2.05) is 6.92 Å². The predicted octanol–water partition coefficient (Wildman–Crippen LogP) is 0.792. The Hall–Kier alpha value is -0.0800. The van der Waals surface area contributed by atoms with Crippen LogP contribution >= 0.6 is 0 Å². The summed E-state index contributed by atoms with van der Waals surface area (Å²) >= 11 is 0. The molecule has 54 valence electrons. The van der Waals surface area contributed by atoms with Gasteiger partial charge in [0.05, 0.1) is 18.8 Å². The molecule has 1 aliphatic heterocycles. The molecular formula is C7H14O2. The maximum absolute atomic E-state index is 9.23. The summed E-state index contributed by atoms with van der Waals surface area (Å²) < 4.78 is 5.22. The molecule has 0 aliphatic carbocycles. The van der Waals surface area contributed by atoms with Crippen molar-refractivity contribution in [2.24, 2.45) is 5.92 Å². The Morgan fingerprint density at radius 3 is 2.56 bits per heavy atom. The second-order valence-electron chi connectivity index (χ2n) is 2.68. The SMILES string of the molecule is CC[C@H]1C(C)OC[C@@H]1O. The first-order valence-electron chi connectivity index (χ1n) is 3.55. The van der Waals surface area contributed by atoms with Crippen molar-refractivity contribution in [1.82, 2.24) is 0 Å². The van der Waals surface area contributed by atoms with E-state index in [-0.39, 0.29) is 12.2 Å². The monoisotopic (exact) mass is 130 g/mol. The molecule has 0 spiro atoms. The van der Waals surface area contributed by atoms with Crippen LogP contribution in [0.2, 0.25) is 0 Å². The van der Waals surface area contributed by atoms with E-state index in [1.54, 1.807) is 0 Å². The van der Waals surface area contributed by atoms with Crippen LogP contribution in [-0.2, 0) is 4.74 Å². The van der Waals surface area contributed by atoms with Gasteiger partial charge in [-0.15, -0.1) is 0 Å². The molecule has 0 radical (unpaired) electrons. The fraction of sp³-hybridized carbons (Fsp3) is 1.00. The Balaban J connectivity index is 2.44. The van der Waals surface area contributed by atoms with Crippen LogP contribution in [0.4, 0.5) is 0 Å². The molecule has 0 saturated carbocycles. The van der Waals surface area contributed by atoms with Gasteiger partial charge in [-0.05, 0) is 13.3 Å². The molecule has 9 heavy (non-hydrogen) atoms. The highest BCUT2D eigenvalue weighted by Crippen LogP contribution is 2.23. The number of ether oxygens (including phenoxy) is 1. The molecule has 0 bridgehead atoms. The second-order valence-corrected chi connectivity index (χ2v) is 2.68. The minimum Gasteiger partial charge on any atom is -0.390 e. The van der Waals surface area contributed by atoms with Crippen LogP contribution < -0.4 is 0 Å². The molecule has 2 heteroatoms. The zero-order valence-corrected chi connectivity index (χ0v) is 6.00. The molecule has 0 aromatic rings. The fourth-order valence-corrected chi connectivity index (χ4v) is 1.41. The van der Waals surface area contributed by atoms with Crippen LogP contribution in [0.1, 0.15) is 20.3 Å². The van der Waals surface area contributed by atoms with E-state index in [0.29, 0.717) is 12.5 Å². The predicted molar refractivity (Wildman–Crippen MR) is 35.2 cm³/mol. The number of rotatable bonds is 1. The van der Waals surface area contributed by atoms with Crippen molar-refractivity contribution in [3.05, 3.63) is 0 Å². The molecule has 1 rings (SSSR count). The van der Waals surface area contributed by atoms with Crippen LogP contribution in [0.5, 0.6) is 0 Å². The number of aliphatic hydroxyl groups is 1. The van der Waals surface area contributed by atoms with Gasteiger partial charge < -0.3 is 9.84 Å². The average molecular weight is 130 g/mol. The van der Waals surface area contributed by atoms with Gasteiger partial charge in [0.1, 0.15) is 0 Å². The second kappa shape index (κ2) is 2.67. The zero-order chi connectivity index (χ0) is 6.85. The van der Waals surface area contributed by atoms with E-state index in [2.05, 4.69) is 6.92 Å². The average Bonchev–Trinajstić information content (AvgIpc) is 2.12. The summed E-state index contributed by atoms with van der Waals surface area (Å²) in [4.78, 5) is 0. The van der Waals surface area contributed by atoms with Crippen LogP contribution in [0.3, 0.4) is 0 Å². The van der Waals surface area contributed by atoms with Crippen molar-refractivity contribution in [2.45, 2.75) is 32.5 Å². The first kappa shape index (κ1) is 7.03. The summed E-state index contributed by atoms with van der Waals surface area (Å²) in [7, 11) is 0. The standard InChI is InChI=1S/C7H14O2/c1-3-6-5(2)9-4-7(6)8/h5-8H,3-4H2,1-2H3/t5?,6-,7-/m0/s1. The molecule has 1 unspecified atom stereocenters. The zero-order valence-electron chi connectivity index (χ0n) is 6.00. The first-order chi connectivity index (χ1) is 4.25. The van der Waals surface area contributed by atoms with Gasteiger partial charge in [-0.1, -0.05) is 6.92 Å². The highest BCUT2D eigenvalue weighted by Gasteiger charge is 2.30. The lowest BCUT2D eigenvalue weighted by molar-refractivity contribution is 0.0963. The van der Waals surface area contributed by atoms with Crippen LogP contribution in [-0.4, -0.2) is 23.9 Å². The number of hydrogen-bond donors (Lipinski definition) is 1. The summed E-state index contributed by atoms with van der Waals surface area (Å²) in [5, 5.41) is 9.23. The molecule has 1 aliphatic rings. The molecule has 1 saturated heterocycles. The lowest BCUT2D eigenvalue weighted by Crippen LogP contribution is -2.20. The third-order valence-corrected chi connectivity index (χ3v) is 2.10. The Morgan fingerprint density at radius 2 is 2.33 bits per heavy atom. The first-order valence-corrected chi connectivity index (χ1v) is 3.55. The van der Waals surface area contributed by atoms with Gasteiger partial charge in [0.2, 0.25) is 0 Å². The summed E-state index contributed by atoms with van der Waals surface area (Å²) in [6.45, 7) is 4.63. The topological polar surface area (TPSA) is 29.5 Å². The van der Waals surface area contributed by atoms with Crippen LogP contribution in [0.25, 0.3) is 0 Å². The Kier molecular flexibility index (Phi) is 2.09. The molecule has 0 amide bonds. The summed E-state index contributed by atoms with van der Waals surface area (Å²) in [5.74, 6) is 0.366. The van der Waals surface area contributed by atoms with Crippen molar-refractivity contribution in [1.29, 1.82) is 0 Å². The van der Waals surface area contributed by atoms with Gasteiger partial charge in [-0.25, -0.2) is 0 Å². The van der Waals surface area contributed by atoms with Gasteiger partial charge in [0.25, 0.3) is 0 Å². The fourth-order valence-electron chi connectivity index (χ4n) is 1.41. The smallest absolute Gasteiger partial charge is 0.0826 e. The minimum atomic E-state index is -0.218. The van der Waals surface area contributed by atoms with E-state index in [9.17, 15) is 5.11 Å². The van der Waals surface area contributed by atoms with Crippen molar-refractivity contribution in [3.63, 3.8) is 0 Å². The van der Waals surface area contributed by atoms with Crippen molar-refractivity contribution in [3.8, 4) is 0 Å². The molecule has 1 N–H and O–H groups in total. The van der Waals surface area contributed by atoms with Gasteiger partial charge in [-0.2, -0.15) is 0 Å². The molecule has 1 fully saturated rings. The van der Waals surface area contributed by atoms with E-state index in [0.717, 1.165) is 6.42 Å². The van der Waals surface area contributed by atoms with E-state index in [4.69, 9.17) is 4.74 Å².